The molecule has 0 amide bonds. The molecule has 0 fully saturated rings. The molecule has 7 nitrogen and oxygen atoms in total. The van der Waals surface area contributed by atoms with E-state index in [1.807, 2.05) is 0 Å². The molecule has 1 aliphatic heterocycles. The van der Waals surface area contributed by atoms with E-state index in [4.69, 9.17) is 14.9 Å². The lowest BCUT2D eigenvalue weighted by molar-refractivity contribution is -0.256. The van der Waals surface area contributed by atoms with E-state index in [0.717, 1.165) is 12.1 Å². The van der Waals surface area contributed by atoms with E-state index >= 15 is 0 Å². The lowest BCUT2D eigenvalue weighted by atomic mass is 9.90. The standard InChI is InChI=1S/C22H19F7N4O3/c1-35-15-5-3-2-4-10-6-7-13(23)11(8-10)20(34,22(27,28)29)19-33-32-18(36-19)17-14(30)9-12(16(15)31-17)21(24,25)26/h6-9,15,34H,2-5,30H2,1H3. The van der Waals surface area contributed by atoms with Crippen molar-refractivity contribution in [3.05, 3.63) is 58.4 Å². The fourth-order valence-corrected chi connectivity index (χ4v) is 4.07. The zero-order chi connectivity index (χ0) is 26.5. The Labute approximate surface area is 199 Å². The van der Waals surface area contributed by atoms with Gasteiger partial charge in [0.05, 0.1) is 23.0 Å². The minimum Gasteiger partial charge on any atom is -0.415 e. The molecule has 3 aromatic rings. The third-order valence-electron chi connectivity index (χ3n) is 5.93. The largest absolute Gasteiger partial charge is 0.430 e. The lowest BCUT2D eigenvalue weighted by Crippen LogP contribution is -2.44. The van der Waals surface area contributed by atoms with Gasteiger partial charge in [-0.25, -0.2) is 9.37 Å². The number of alkyl halides is 6. The number of hydrogen-bond donors (Lipinski definition) is 2. The van der Waals surface area contributed by atoms with Gasteiger partial charge in [0.15, 0.2) is 5.69 Å². The Kier molecular flexibility index (Phi) is 6.45. The summed E-state index contributed by atoms with van der Waals surface area (Å²) in [6, 6.07) is 3.40. The zero-order valence-electron chi connectivity index (χ0n) is 18.5. The fourth-order valence-electron chi connectivity index (χ4n) is 4.07. The Morgan fingerprint density at radius 1 is 1.11 bits per heavy atom. The van der Waals surface area contributed by atoms with Crippen LogP contribution in [0.25, 0.3) is 11.6 Å². The SMILES string of the molecule is COC1CCCCc2ccc(F)c(c2)C(O)(C(F)(F)F)c2nnc(o2)-c2nc1c(C(F)(F)F)cc2N. The number of hydrogen-bond acceptors (Lipinski definition) is 7. The van der Waals surface area contributed by atoms with Gasteiger partial charge in [-0.2, -0.15) is 26.3 Å². The van der Waals surface area contributed by atoms with Gasteiger partial charge in [0.1, 0.15) is 5.82 Å². The van der Waals surface area contributed by atoms with Crippen LogP contribution in [0.15, 0.2) is 28.7 Å². The summed E-state index contributed by atoms with van der Waals surface area (Å²) >= 11 is 0. The van der Waals surface area contributed by atoms with Gasteiger partial charge in [-0.3, -0.25) is 0 Å². The number of halogens is 7. The van der Waals surface area contributed by atoms with E-state index in [-0.39, 0.29) is 24.8 Å². The number of anilines is 1. The number of pyridine rings is 1. The molecule has 4 rings (SSSR count). The monoisotopic (exact) mass is 520 g/mol. The van der Waals surface area contributed by atoms with Gasteiger partial charge in [0, 0.05) is 12.7 Å². The molecule has 14 heteroatoms. The highest BCUT2D eigenvalue weighted by Crippen LogP contribution is 2.46. The molecule has 3 N–H and O–H groups in total. The molecule has 2 atom stereocenters. The van der Waals surface area contributed by atoms with Crippen LogP contribution in [0.4, 0.5) is 36.4 Å². The van der Waals surface area contributed by atoms with Crippen molar-refractivity contribution < 1.29 is 45.0 Å². The molecular weight excluding hydrogens is 501 g/mol. The second kappa shape index (κ2) is 9.00. The first-order valence-corrected chi connectivity index (χ1v) is 10.6. The third-order valence-corrected chi connectivity index (χ3v) is 5.93. The maximum Gasteiger partial charge on any atom is 0.430 e. The molecule has 3 heterocycles. The van der Waals surface area contributed by atoms with Crippen LogP contribution in [-0.4, -0.2) is 33.6 Å². The first-order chi connectivity index (χ1) is 16.8. The van der Waals surface area contributed by atoms with E-state index in [9.17, 15) is 35.8 Å². The van der Waals surface area contributed by atoms with Crippen molar-refractivity contribution in [2.24, 2.45) is 0 Å². The highest BCUT2D eigenvalue weighted by molar-refractivity contribution is 5.67. The van der Waals surface area contributed by atoms with Crippen LogP contribution in [0.2, 0.25) is 0 Å². The normalized spacial score (nSPS) is 21.1. The van der Waals surface area contributed by atoms with Gasteiger partial charge >= 0.3 is 12.4 Å². The Balaban J connectivity index is 2.00. The molecule has 36 heavy (non-hydrogen) atoms. The number of benzene rings is 1. The number of fused-ring (bicyclic) bond motifs is 7. The first-order valence-electron chi connectivity index (χ1n) is 10.6. The van der Waals surface area contributed by atoms with E-state index in [1.54, 1.807) is 0 Å². The minimum absolute atomic E-state index is 0.0750. The summed E-state index contributed by atoms with van der Waals surface area (Å²) < 4.78 is 109. The number of nitrogen functional groups attached to an aromatic ring is 1. The molecule has 6 bridgehead atoms. The average Bonchev–Trinajstić information content (AvgIpc) is 3.28. The van der Waals surface area contributed by atoms with Crippen molar-refractivity contribution in [2.75, 3.05) is 12.8 Å². The van der Waals surface area contributed by atoms with E-state index in [0.29, 0.717) is 12.5 Å². The van der Waals surface area contributed by atoms with Crippen LogP contribution in [0.1, 0.15) is 53.6 Å². The minimum atomic E-state index is -5.52. The van der Waals surface area contributed by atoms with Gasteiger partial charge in [-0.15, -0.1) is 10.2 Å². The number of aliphatic hydroxyl groups is 1. The zero-order valence-corrected chi connectivity index (χ0v) is 18.5. The van der Waals surface area contributed by atoms with Crippen molar-refractivity contribution in [1.29, 1.82) is 0 Å². The van der Waals surface area contributed by atoms with Crippen LogP contribution in [-0.2, 0) is 22.9 Å². The third kappa shape index (κ3) is 4.39. The van der Waals surface area contributed by atoms with Gasteiger partial charge in [-0.05, 0) is 43.0 Å². The average molecular weight is 520 g/mol. The summed E-state index contributed by atoms with van der Waals surface area (Å²) in [7, 11) is 1.19. The maximum atomic E-state index is 14.6. The van der Waals surface area contributed by atoms with Gasteiger partial charge in [0.25, 0.3) is 17.4 Å². The summed E-state index contributed by atoms with van der Waals surface area (Å²) in [6.07, 6.45) is -10.7. The molecule has 0 spiro atoms. The van der Waals surface area contributed by atoms with Crippen LogP contribution in [0.5, 0.6) is 0 Å². The van der Waals surface area contributed by atoms with Crippen molar-refractivity contribution in [3.8, 4) is 11.6 Å². The molecule has 0 saturated heterocycles. The predicted octanol–water partition coefficient (Wildman–Crippen LogP) is 5.08. The van der Waals surface area contributed by atoms with E-state index in [1.165, 1.54) is 13.2 Å². The number of rotatable bonds is 1. The Morgan fingerprint density at radius 2 is 1.83 bits per heavy atom. The van der Waals surface area contributed by atoms with Crippen LogP contribution in [0.3, 0.4) is 0 Å². The highest BCUT2D eigenvalue weighted by Gasteiger charge is 2.61. The quantitative estimate of drug-likeness (QED) is 0.431. The number of methoxy groups -OCH3 is 1. The summed E-state index contributed by atoms with van der Waals surface area (Å²) in [4.78, 5) is 3.90. The first kappa shape index (κ1) is 25.8. The fraction of sp³-hybridized carbons (Fsp3) is 0.409. The molecule has 0 radical (unpaired) electrons. The summed E-state index contributed by atoms with van der Waals surface area (Å²) in [5.41, 5.74) is -2.18. The Morgan fingerprint density at radius 3 is 2.47 bits per heavy atom. The van der Waals surface area contributed by atoms with Gasteiger partial charge < -0.3 is 20.0 Å². The van der Waals surface area contributed by atoms with Crippen molar-refractivity contribution in [2.45, 2.75) is 49.7 Å². The number of ether oxygens (including phenoxy) is 1. The summed E-state index contributed by atoms with van der Waals surface area (Å²) in [6.45, 7) is 0. The van der Waals surface area contributed by atoms with E-state index in [2.05, 4.69) is 15.2 Å². The topological polar surface area (TPSA) is 107 Å². The number of aromatic nitrogens is 3. The van der Waals surface area contributed by atoms with E-state index < -0.39 is 69.9 Å². The summed E-state index contributed by atoms with van der Waals surface area (Å²) in [5, 5.41) is 17.4. The maximum absolute atomic E-state index is 14.6. The predicted molar refractivity (Wildman–Crippen MR) is 110 cm³/mol. The molecule has 1 aliphatic rings. The van der Waals surface area contributed by atoms with Crippen molar-refractivity contribution in [1.82, 2.24) is 15.2 Å². The molecule has 1 aromatic carbocycles. The number of aryl methyl sites for hydroxylation is 1. The molecule has 0 saturated carbocycles. The van der Waals surface area contributed by atoms with Crippen molar-refractivity contribution >= 4 is 5.69 Å². The molecule has 2 aromatic heterocycles. The van der Waals surface area contributed by atoms with Crippen molar-refractivity contribution in [3.63, 3.8) is 0 Å². The smallest absolute Gasteiger partial charge is 0.415 e. The van der Waals surface area contributed by atoms with Crippen LogP contribution < -0.4 is 5.73 Å². The number of nitrogens with zero attached hydrogens (tertiary/aromatic N) is 3. The molecular formula is C22H19F7N4O3. The molecule has 194 valence electrons. The van der Waals surface area contributed by atoms with Gasteiger partial charge in [-0.1, -0.05) is 12.5 Å². The Hall–Kier alpha value is -3.26. The Bertz CT molecular complexity index is 1280. The molecule has 2 unspecified atom stereocenters. The van der Waals surface area contributed by atoms with Crippen LogP contribution in [0, 0.1) is 5.82 Å². The molecule has 0 aliphatic carbocycles. The highest BCUT2D eigenvalue weighted by atomic mass is 19.4. The number of nitrogens with two attached hydrogens (primary N) is 1. The van der Waals surface area contributed by atoms with Crippen LogP contribution >= 0.6 is 0 Å². The lowest BCUT2D eigenvalue weighted by Gasteiger charge is -2.28. The summed E-state index contributed by atoms with van der Waals surface area (Å²) in [5.74, 6) is -3.64. The second-order valence-electron chi connectivity index (χ2n) is 8.26. The second-order valence-corrected chi connectivity index (χ2v) is 8.26. The van der Waals surface area contributed by atoms with Gasteiger partial charge in [0.2, 0.25) is 0 Å².